The van der Waals surface area contributed by atoms with Gasteiger partial charge in [0.1, 0.15) is 0 Å². The molecule has 0 spiro atoms. The number of nitrogens with one attached hydrogen (secondary N) is 1. The minimum absolute atomic E-state index is 0.113. The lowest BCUT2D eigenvalue weighted by Crippen LogP contribution is -2.12. The molecule has 2 aromatic heterocycles. The molecule has 0 aliphatic carbocycles. The Balaban J connectivity index is 1.77. The molecular formula is C19H15N3O. The van der Waals surface area contributed by atoms with Crippen LogP contribution in [0.15, 0.2) is 67.0 Å². The predicted molar refractivity (Wildman–Crippen MR) is 92.6 cm³/mol. The number of fused-ring (bicyclic) bond motifs is 2. The van der Waals surface area contributed by atoms with E-state index >= 15 is 0 Å². The van der Waals surface area contributed by atoms with Crippen molar-refractivity contribution in [2.45, 2.75) is 0 Å². The molecule has 0 unspecified atom stereocenters. The Morgan fingerprint density at radius 3 is 2.78 bits per heavy atom. The van der Waals surface area contributed by atoms with E-state index in [0.29, 0.717) is 5.56 Å². The van der Waals surface area contributed by atoms with E-state index in [2.05, 4.69) is 10.3 Å². The molecule has 1 N–H and O–H groups in total. The standard InChI is InChI=1S/C19H15N3O/c1-22-12-10-13-14(5-2-9-18(13)22)19(23)21-17-8-3-7-16-15(17)6-4-11-20-16/h2-12H,1H3,(H,21,23). The lowest BCUT2D eigenvalue weighted by molar-refractivity contribution is 0.102. The number of rotatable bonds is 2. The molecule has 4 aromatic rings. The van der Waals surface area contributed by atoms with Gasteiger partial charge in [-0.25, -0.2) is 0 Å². The molecular weight excluding hydrogens is 286 g/mol. The number of anilines is 1. The SMILES string of the molecule is Cn1ccc2c(C(=O)Nc3cccc4ncccc34)cccc21. The number of aromatic nitrogens is 2. The Bertz CT molecular complexity index is 1030. The van der Waals surface area contributed by atoms with Crippen LogP contribution in [0.1, 0.15) is 10.4 Å². The first-order valence-electron chi connectivity index (χ1n) is 7.43. The minimum atomic E-state index is -0.113. The van der Waals surface area contributed by atoms with Crippen molar-refractivity contribution in [3.63, 3.8) is 0 Å². The number of nitrogens with zero attached hydrogens (tertiary/aromatic N) is 2. The van der Waals surface area contributed by atoms with Crippen LogP contribution in [0.5, 0.6) is 0 Å². The minimum Gasteiger partial charge on any atom is -0.351 e. The normalized spacial score (nSPS) is 11.0. The largest absolute Gasteiger partial charge is 0.351 e. The molecule has 112 valence electrons. The third-order valence-electron chi connectivity index (χ3n) is 4.07. The monoisotopic (exact) mass is 301 g/mol. The van der Waals surface area contributed by atoms with Crippen molar-refractivity contribution in [3.05, 3.63) is 72.6 Å². The van der Waals surface area contributed by atoms with Gasteiger partial charge in [-0.05, 0) is 42.5 Å². The molecule has 2 aromatic carbocycles. The zero-order valence-electron chi connectivity index (χ0n) is 12.7. The van der Waals surface area contributed by atoms with Crippen LogP contribution in [0.4, 0.5) is 5.69 Å². The zero-order valence-corrected chi connectivity index (χ0v) is 12.7. The average molecular weight is 301 g/mol. The summed E-state index contributed by atoms with van der Waals surface area (Å²) < 4.78 is 2.01. The highest BCUT2D eigenvalue weighted by Gasteiger charge is 2.13. The van der Waals surface area contributed by atoms with Gasteiger partial charge in [0, 0.05) is 41.3 Å². The molecule has 0 aliphatic heterocycles. The highest BCUT2D eigenvalue weighted by Crippen LogP contribution is 2.24. The van der Waals surface area contributed by atoms with Crippen molar-refractivity contribution < 1.29 is 4.79 Å². The molecule has 0 fully saturated rings. The summed E-state index contributed by atoms with van der Waals surface area (Å²) in [5.41, 5.74) is 3.35. The summed E-state index contributed by atoms with van der Waals surface area (Å²) in [5.74, 6) is -0.113. The Hall–Kier alpha value is -3.14. The molecule has 1 amide bonds. The lowest BCUT2D eigenvalue weighted by Gasteiger charge is -2.09. The van der Waals surface area contributed by atoms with Gasteiger partial charge < -0.3 is 9.88 Å². The van der Waals surface area contributed by atoms with Crippen molar-refractivity contribution in [2.75, 3.05) is 5.32 Å². The molecule has 4 heteroatoms. The van der Waals surface area contributed by atoms with Gasteiger partial charge in [-0.15, -0.1) is 0 Å². The predicted octanol–water partition coefficient (Wildman–Crippen LogP) is 3.98. The van der Waals surface area contributed by atoms with Crippen molar-refractivity contribution in [3.8, 4) is 0 Å². The average Bonchev–Trinajstić information content (AvgIpc) is 2.96. The van der Waals surface area contributed by atoms with Gasteiger partial charge in [-0.3, -0.25) is 9.78 Å². The molecule has 0 bridgehead atoms. The summed E-state index contributed by atoms with van der Waals surface area (Å²) >= 11 is 0. The van der Waals surface area contributed by atoms with Crippen LogP contribution >= 0.6 is 0 Å². The summed E-state index contributed by atoms with van der Waals surface area (Å²) in [5, 5.41) is 4.90. The zero-order chi connectivity index (χ0) is 15.8. The number of benzene rings is 2. The van der Waals surface area contributed by atoms with Gasteiger partial charge >= 0.3 is 0 Å². The summed E-state index contributed by atoms with van der Waals surface area (Å²) in [6.45, 7) is 0. The summed E-state index contributed by atoms with van der Waals surface area (Å²) in [4.78, 5) is 17.1. The third kappa shape index (κ3) is 2.25. The lowest BCUT2D eigenvalue weighted by atomic mass is 10.1. The van der Waals surface area contributed by atoms with Crippen LogP contribution in [-0.4, -0.2) is 15.5 Å². The number of carbonyl (C=O) groups is 1. The number of hydrogen-bond donors (Lipinski definition) is 1. The second kappa shape index (κ2) is 5.25. The first-order valence-corrected chi connectivity index (χ1v) is 7.43. The van der Waals surface area contributed by atoms with Crippen LogP contribution in [0.25, 0.3) is 21.8 Å². The van der Waals surface area contributed by atoms with Gasteiger partial charge in [0.05, 0.1) is 11.2 Å². The Kier molecular flexibility index (Phi) is 3.08. The van der Waals surface area contributed by atoms with Gasteiger partial charge in [-0.1, -0.05) is 12.1 Å². The number of aryl methyl sites for hydroxylation is 1. The van der Waals surface area contributed by atoms with Gasteiger partial charge in [0.25, 0.3) is 5.91 Å². The Morgan fingerprint density at radius 1 is 1.00 bits per heavy atom. The van der Waals surface area contributed by atoms with E-state index in [-0.39, 0.29) is 5.91 Å². The maximum absolute atomic E-state index is 12.7. The second-order valence-corrected chi connectivity index (χ2v) is 5.49. The summed E-state index contributed by atoms with van der Waals surface area (Å²) in [6.07, 6.45) is 3.71. The van der Waals surface area contributed by atoms with Crippen molar-refractivity contribution in [1.82, 2.24) is 9.55 Å². The first-order chi connectivity index (χ1) is 11.2. The molecule has 2 heterocycles. The molecule has 0 radical (unpaired) electrons. The topological polar surface area (TPSA) is 46.9 Å². The van der Waals surface area contributed by atoms with Gasteiger partial charge in [-0.2, -0.15) is 0 Å². The smallest absolute Gasteiger partial charge is 0.256 e. The van der Waals surface area contributed by atoms with E-state index in [1.165, 1.54) is 0 Å². The molecule has 0 aliphatic rings. The fourth-order valence-electron chi connectivity index (χ4n) is 2.90. The second-order valence-electron chi connectivity index (χ2n) is 5.49. The number of carbonyl (C=O) groups excluding carboxylic acids is 1. The van der Waals surface area contributed by atoms with E-state index in [0.717, 1.165) is 27.5 Å². The number of hydrogen-bond acceptors (Lipinski definition) is 2. The molecule has 4 nitrogen and oxygen atoms in total. The molecule has 0 atom stereocenters. The molecule has 0 saturated heterocycles. The van der Waals surface area contributed by atoms with E-state index in [1.54, 1.807) is 6.20 Å². The van der Waals surface area contributed by atoms with Crippen LogP contribution in [0.2, 0.25) is 0 Å². The van der Waals surface area contributed by atoms with Crippen molar-refractivity contribution in [1.29, 1.82) is 0 Å². The highest BCUT2D eigenvalue weighted by molar-refractivity contribution is 6.14. The summed E-state index contributed by atoms with van der Waals surface area (Å²) in [7, 11) is 1.97. The first kappa shape index (κ1) is 13.5. The fourth-order valence-corrected chi connectivity index (χ4v) is 2.90. The summed E-state index contributed by atoms with van der Waals surface area (Å²) in [6, 6.07) is 17.3. The van der Waals surface area contributed by atoms with Crippen LogP contribution < -0.4 is 5.32 Å². The number of pyridine rings is 1. The fraction of sp³-hybridized carbons (Fsp3) is 0.0526. The molecule has 4 rings (SSSR count). The number of amides is 1. The highest BCUT2D eigenvalue weighted by atomic mass is 16.1. The molecule has 23 heavy (non-hydrogen) atoms. The van der Waals surface area contributed by atoms with Gasteiger partial charge in [0.2, 0.25) is 0 Å². The van der Waals surface area contributed by atoms with E-state index < -0.39 is 0 Å². The van der Waals surface area contributed by atoms with Crippen molar-refractivity contribution >= 4 is 33.4 Å². The van der Waals surface area contributed by atoms with E-state index in [4.69, 9.17) is 0 Å². The maximum atomic E-state index is 12.7. The Morgan fingerprint density at radius 2 is 1.87 bits per heavy atom. The van der Waals surface area contributed by atoms with Crippen LogP contribution in [0, 0.1) is 0 Å². The van der Waals surface area contributed by atoms with E-state index in [9.17, 15) is 4.79 Å². The van der Waals surface area contributed by atoms with Crippen molar-refractivity contribution in [2.24, 2.45) is 7.05 Å². The van der Waals surface area contributed by atoms with E-state index in [1.807, 2.05) is 72.4 Å². The quantitative estimate of drug-likeness (QED) is 0.609. The maximum Gasteiger partial charge on any atom is 0.256 e. The third-order valence-corrected chi connectivity index (χ3v) is 4.07. The van der Waals surface area contributed by atoms with Gasteiger partial charge in [0.15, 0.2) is 0 Å². The van der Waals surface area contributed by atoms with Crippen LogP contribution in [0.3, 0.4) is 0 Å². The molecule has 0 saturated carbocycles. The Labute approximate surface area is 133 Å². The van der Waals surface area contributed by atoms with Crippen LogP contribution in [-0.2, 0) is 7.05 Å².